The maximum absolute atomic E-state index is 14.1. The Labute approximate surface area is 238 Å². The van der Waals surface area contributed by atoms with Crippen molar-refractivity contribution in [3.05, 3.63) is 107 Å². The van der Waals surface area contributed by atoms with Gasteiger partial charge in [0.2, 0.25) is 11.8 Å². The number of nitrogens with one attached hydrogen (secondary N) is 1. The predicted molar refractivity (Wildman–Crippen MR) is 159 cm³/mol. The molecule has 2 unspecified atom stereocenters. The van der Waals surface area contributed by atoms with E-state index in [-0.39, 0.29) is 23.4 Å². The Morgan fingerprint density at radius 2 is 1.50 bits per heavy atom. The Kier molecular flexibility index (Phi) is 7.75. The molecule has 1 saturated heterocycles. The second-order valence-corrected chi connectivity index (χ2v) is 12.0. The molecule has 2 heterocycles. The lowest BCUT2D eigenvalue weighted by Crippen LogP contribution is -2.53. The molecule has 5 nitrogen and oxygen atoms in total. The third-order valence-corrected chi connectivity index (χ3v) is 9.56. The molecule has 3 aromatic rings. The monoisotopic (exact) mass is 535 g/mol. The van der Waals surface area contributed by atoms with Crippen molar-refractivity contribution < 1.29 is 9.59 Å². The Morgan fingerprint density at radius 1 is 0.825 bits per heavy atom. The minimum absolute atomic E-state index is 0.0237. The lowest BCUT2D eigenvalue weighted by molar-refractivity contribution is -0.139. The summed E-state index contributed by atoms with van der Waals surface area (Å²) in [6.07, 6.45) is 6.44. The molecule has 5 heteroatoms. The van der Waals surface area contributed by atoms with E-state index in [1.165, 1.54) is 27.8 Å². The molecule has 1 aliphatic carbocycles. The first-order valence-corrected chi connectivity index (χ1v) is 15.0. The molecule has 1 N–H and O–H groups in total. The topological polar surface area (TPSA) is 52.7 Å². The van der Waals surface area contributed by atoms with Gasteiger partial charge >= 0.3 is 0 Å². The molecule has 40 heavy (non-hydrogen) atoms. The number of nitrogens with zero attached hydrogens (tertiary/aromatic N) is 2. The number of rotatable bonds is 6. The quantitative estimate of drug-likeness (QED) is 0.458. The van der Waals surface area contributed by atoms with Crippen LogP contribution in [-0.2, 0) is 34.4 Å². The highest BCUT2D eigenvalue weighted by molar-refractivity contribution is 5.80. The zero-order chi connectivity index (χ0) is 27.5. The van der Waals surface area contributed by atoms with Gasteiger partial charge in [-0.2, -0.15) is 0 Å². The lowest BCUT2D eigenvalue weighted by atomic mass is 9.80. The van der Waals surface area contributed by atoms with Crippen LogP contribution in [-0.4, -0.2) is 47.8 Å². The van der Waals surface area contributed by atoms with Crippen molar-refractivity contribution in [3.8, 4) is 0 Å². The van der Waals surface area contributed by atoms with Gasteiger partial charge in [-0.05, 0) is 72.8 Å². The van der Waals surface area contributed by atoms with Crippen LogP contribution in [0.15, 0.2) is 78.9 Å². The molecule has 2 aliphatic heterocycles. The van der Waals surface area contributed by atoms with Crippen LogP contribution < -0.4 is 5.32 Å². The number of carbonyl (C=O) groups is 2. The van der Waals surface area contributed by atoms with Crippen molar-refractivity contribution in [2.45, 2.75) is 63.5 Å². The van der Waals surface area contributed by atoms with Gasteiger partial charge in [-0.15, -0.1) is 0 Å². The molecular formula is C35H41N3O2. The SMILES string of the molecule is CC(=O)NC1(c2ccccc2)CCN(CCC2c3ccccc3CCN2C(=O)C2CCc3ccccc3C2)CC1. The minimum Gasteiger partial charge on any atom is -0.347 e. The summed E-state index contributed by atoms with van der Waals surface area (Å²) in [5, 5.41) is 3.30. The predicted octanol–water partition coefficient (Wildman–Crippen LogP) is 5.44. The molecule has 6 rings (SSSR count). The average Bonchev–Trinajstić information content (AvgIpc) is 3.00. The number of aryl methyl sites for hydroxylation is 1. The maximum atomic E-state index is 14.1. The smallest absolute Gasteiger partial charge is 0.226 e. The molecule has 3 aliphatic rings. The van der Waals surface area contributed by atoms with Crippen LogP contribution in [0.2, 0.25) is 0 Å². The van der Waals surface area contributed by atoms with Crippen LogP contribution in [0.4, 0.5) is 0 Å². The van der Waals surface area contributed by atoms with Gasteiger partial charge < -0.3 is 15.1 Å². The molecule has 0 saturated carbocycles. The number of hydrogen-bond donors (Lipinski definition) is 1. The van der Waals surface area contributed by atoms with Crippen molar-refractivity contribution in [1.29, 1.82) is 0 Å². The fourth-order valence-electron chi connectivity index (χ4n) is 7.41. The van der Waals surface area contributed by atoms with Crippen molar-refractivity contribution in [2.24, 2.45) is 5.92 Å². The van der Waals surface area contributed by atoms with Crippen LogP contribution >= 0.6 is 0 Å². The summed E-state index contributed by atoms with van der Waals surface area (Å²) in [5.41, 5.74) is 6.35. The zero-order valence-corrected chi connectivity index (χ0v) is 23.6. The average molecular weight is 536 g/mol. The number of carbonyl (C=O) groups excluding carboxylic acids is 2. The number of fused-ring (bicyclic) bond motifs is 2. The van der Waals surface area contributed by atoms with Gasteiger partial charge in [-0.1, -0.05) is 78.9 Å². The van der Waals surface area contributed by atoms with Crippen molar-refractivity contribution in [3.63, 3.8) is 0 Å². The lowest BCUT2D eigenvalue weighted by Gasteiger charge is -2.44. The van der Waals surface area contributed by atoms with Crippen molar-refractivity contribution >= 4 is 11.8 Å². The molecule has 0 bridgehead atoms. The molecule has 2 atom stereocenters. The summed E-state index contributed by atoms with van der Waals surface area (Å²) in [5.74, 6) is 0.429. The van der Waals surface area contributed by atoms with Gasteiger partial charge in [-0.3, -0.25) is 9.59 Å². The van der Waals surface area contributed by atoms with E-state index in [9.17, 15) is 9.59 Å². The second-order valence-electron chi connectivity index (χ2n) is 12.0. The Balaban J connectivity index is 1.16. The van der Waals surface area contributed by atoms with Crippen LogP contribution in [0.5, 0.6) is 0 Å². The van der Waals surface area contributed by atoms with E-state index in [1.807, 2.05) is 6.07 Å². The molecule has 3 aromatic carbocycles. The fraction of sp³-hybridized carbons (Fsp3) is 0.429. The van der Waals surface area contributed by atoms with Crippen LogP contribution in [0, 0.1) is 5.92 Å². The van der Waals surface area contributed by atoms with E-state index in [2.05, 4.69) is 87.9 Å². The summed E-state index contributed by atoms with van der Waals surface area (Å²) in [7, 11) is 0. The minimum atomic E-state index is -0.305. The molecule has 0 aromatic heterocycles. The second kappa shape index (κ2) is 11.6. The summed E-state index contributed by atoms with van der Waals surface area (Å²) in [6, 6.07) is 27.9. The van der Waals surface area contributed by atoms with Gasteiger partial charge in [-0.25, -0.2) is 0 Å². The summed E-state index contributed by atoms with van der Waals surface area (Å²) >= 11 is 0. The van der Waals surface area contributed by atoms with Gasteiger partial charge in [0.25, 0.3) is 0 Å². The normalized spacial score (nSPS) is 22.2. The van der Waals surface area contributed by atoms with Crippen molar-refractivity contribution in [1.82, 2.24) is 15.1 Å². The summed E-state index contributed by atoms with van der Waals surface area (Å²) < 4.78 is 0. The van der Waals surface area contributed by atoms with E-state index >= 15 is 0 Å². The summed E-state index contributed by atoms with van der Waals surface area (Å²) in [6.45, 7) is 5.22. The highest BCUT2D eigenvalue weighted by Gasteiger charge is 2.39. The third kappa shape index (κ3) is 5.44. The molecule has 0 spiro atoms. The maximum Gasteiger partial charge on any atom is 0.226 e. The Bertz CT molecular complexity index is 1350. The standard InChI is InChI=1S/C35H41N3O2/c1-26(39)36-35(31-12-3-2-4-13-31)19-23-37(24-20-35)21-18-33-32-14-8-7-10-28(32)17-22-38(33)34(40)30-16-15-27-9-5-6-11-29(27)25-30/h2-14,30,33H,15-25H2,1H3,(H,36,39). The van der Waals surface area contributed by atoms with Gasteiger partial charge in [0, 0.05) is 39.0 Å². The highest BCUT2D eigenvalue weighted by atomic mass is 16.2. The number of benzene rings is 3. The first kappa shape index (κ1) is 26.8. The zero-order valence-electron chi connectivity index (χ0n) is 23.6. The van der Waals surface area contributed by atoms with E-state index in [0.717, 1.165) is 71.1 Å². The van der Waals surface area contributed by atoms with E-state index in [0.29, 0.717) is 5.91 Å². The first-order valence-electron chi connectivity index (χ1n) is 15.0. The molecule has 208 valence electrons. The van der Waals surface area contributed by atoms with Crippen molar-refractivity contribution in [2.75, 3.05) is 26.2 Å². The number of hydrogen-bond acceptors (Lipinski definition) is 3. The molecular weight excluding hydrogens is 494 g/mol. The van der Waals surface area contributed by atoms with Crippen LogP contribution in [0.1, 0.15) is 66.5 Å². The van der Waals surface area contributed by atoms with E-state index in [1.54, 1.807) is 6.92 Å². The van der Waals surface area contributed by atoms with Gasteiger partial charge in [0.05, 0.1) is 11.6 Å². The third-order valence-electron chi connectivity index (χ3n) is 9.56. The summed E-state index contributed by atoms with van der Waals surface area (Å²) in [4.78, 5) is 31.0. The largest absolute Gasteiger partial charge is 0.347 e. The number of piperidine rings is 1. The molecule has 1 fully saturated rings. The Hall–Kier alpha value is -3.44. The van der Waals surface area contributed by atoms with Gasteiger partial charge in [0.1, 0.15) is 0 Å². The number of likely N-dealkylation sites (tertiary alicyclic amines) is 1. The first-order chi connectivity index (χ1) is 19.5. The highest BCUT2D eigenvalue weighted by Crippen LogP contribution is 2.37. The van der Waals surface area contributed by atoms with E-state index in [4.69, 9.17) is 0 Å². The van der Waals surface area contributed by atoms with Crippen LogP contribution in [0.25, 0.3) is 0 Å². The Morgan fingerprint density at radius 3 is 2.25 bits per heavy atom. The van der Waals surface area contributed by atoms with Gasteiger partial charge in [0.15, 0.2) is 0 Å². The molecule has 2 amide bonds. The fourth-order valence-corrected chi connectivity index (χ4v) is 7.41. The van der Waals surface area contributed by atoms with Crippen LogP contribution in [0.3, 0.4) is 0 Å². The number of amides is 2. The molecule has 0 radical (unpaired) electrons. The van der Waals surface area contributed by atoms with E-state index < -0.39 is 0 Å².